The van der Waals surface area contributed by atoms with Crippen LogP contribution in [0.2, 0.25) is 0 Å². The predicted octanol–water partition coefficient (Wildman–Crippen LogP) is 0.0812. The molecule has 0 unspecified atom stereocenters. The highest BCUT2D eigenvalue weighted by Gasteiger charge is 2.26. The van der Waals surface area contributed by atoms with Crippen molar-refractivity contribution in [3.8, 4) is 0 Å². The van der Waals surface area contributed by atoms with Crippen molar-refractivity contribution in [1.29, 1.82) is 0 Å². The van der Waals surface area contributed by atoms with Crippen molar-refractivity contribution in [2.24, 2.45) is 5.73 Å². The maximum atomic E-state index is 10.7. The van der Waals surface area contributed by atoms with Crippen LogP contribution in [0.25, 0.3) is 0 Å². The molecular weight excluding hydrogens is 128 g/mol. The lowest BCUT2D eigenvalue weighted by Crippen LogP contribution is -2.34. The van der Waals surface area contributed by atoms with Gasteiger partial charge in [0, 0.05) is 19.3 Å². The van der Waals surface area contributed by atoms with Crippen molar-refractivity contribution in [3.63, 3.8) is 0 Å². The SMILES string of the molecule is CCN(C)C1=C(N)C(=O)C1. The number of allylic oxidation sites excluding steroid dienone is 2. The molecule has 1 aliphatic carbocycles. The van der Waals surface area contributed by atoms with Crippen LogP contribution < -0.4 is 5.73 Å². The van der Waals surface area contributed by atoms with E-state index in [1.54, 1.807) is 0 Å². The van der Waals surface area contributed by atoms with Gasteiger partial charge in [0.25, 0.3) is 0 Å². The molecule has 0 aromatic heterocycles. The summed E-state index contributed by atoms with van der Waals surface area (Å²) < 4.78 is 0. The van der Waals surface area contributed by atoms with Crippen LogP contribution in [0.5, 0.6) is 0 Å². The molecule has 56 valence electrons. The third kappa shape index (κ3) is 0.875. The first-order valence-corrected chi connectivity index (χ1v) is 3.39. The molecule has 0 atom stereocenters. The molecule has 0 saturated heterocycles. The van der Waals surface area contributed by atoms with E-state index >= 15 is 0 Å². The monoisotopic (exact) mass is 140 g/mol. The molecule has 0 radical (unpaired) electrons. The van der Waals surface area contributed by atoms with Crippen molar-refractivity contribution in [2.75, 3.05) is 13.6 Å². The van der Waals surface area contributed by atoms with Crippen LogP contribution in [-0.2, 0) is 4.79 Å². The normalized spacial score (nSPS) is 17.2. The van der Waals surface area contributed by atoms with Gasteiger partial charge in [-0.1, -0.05) is 0 Å². The standard InChI is InChI=1S/C7H12N2O/c1-3-9(2)5-4-6(10)7(5)8/h3-4,8H2,1-2H3. The van der Waals surface area contributed by atoms with Gasteiger partial charge in [0.1, 0.15) is 0 Å². The Morgan fingerprint density at radius 3 is 2.60 bits per heavy atom. The minimum Gasteiger partial charge on any atom is -0.394 e. The van der Waals surface area contributed by atoms with Crippen LogP contribution in [0.15, 0.2) is 11.4 Å². The zero-order valence-electron chi connectivity index (χ0n) is 6.35. The fourth-order valence-corrected chi connectivity index (χ4v) is 0.928. The van der Waals surface area contributed by atoms with E-state index in [-0.39, 0.29) is 5.78 Å². The summed E-state index contributed by atoms with van der Waals surface area (Å²) in [6.45, 7) is 2.94. The lowest BCUT2D eigenvalue weighted by Gasteiger charge is -2.27. The fraction of sp³-hybridized carbons (Fsp3) is 0.571. The van der Waals surface area contributed by atoms with Crippen molar-refractivity contribution in [3.05, 3.63) is 11.4 Å². The van der Waals surface area contributed by atoms with Gasteiger partial charge in [-0.25, -0.2) is 0 Å². The van der Waals surface area contributed by atoms with Crippen molar-refractivity contribution >= 4 is 5.78 Å². The first kappa shape index (κ1) is 7.12. The number of hydrogen-bond donors (Lipinski definition) is 1. The summed E-state index contributed by atoms with van der Waals surface area (Å²) in [7, 11) is 1.94. The van der Waals surface area contributed by atoms with Gasteiger partial charge in [-0.15, -0.1) is 0 Å². The Bertz CT molecular complexity index is 196. The van der Waals surface area contributed by atoms with Crippen LogP contribution in [0.4, 0.5) is 0 Å². The molecule has 3 nitrogen and oxygen atoms in total. The molecule has 0 aromatic rings. The Hall–Kier alpha value is -0.990. The second-order valence-corrected chi connectivity index (χ2v) is 2.47. The minimum atomic E-state index is 0.0790. The largest absolute Gasteiger partial charge is 0.394 e. The van der Waals surface area contributed by atoms with Crippen LogP contribution in [0.1, 0.15) is 13.3 Å². The number of nitrogens with zero attached hydrogens (tertiary/aromatic N) is 1. The lowest BCUT2D eigenvalue weighted by atomic mass is 9.99. The van der Waals surface area contributed by atoms with Gasteiger partial charge in [-0.05, 0) is 6.92 Å². The highest BCUT2D eigenvalue weighted by Crippen LogP contribution is 2.21. The van der Waals surface area contributed by atoms with Crippen LogP contribution in [0, 0.1) is 0 Å². The van der Waals surface area contributed by atoms with Crippen LogP contribution >= 0.6 is 0 Å². The van der Waals surface area contributed by atoms with Crippen LogP contribution in [0.3, 0.4) is 0 Å². The molecule has 0 aliphatic heterocycles. The van der Waals surface area contributed by atoms with E-state index in [1.807, 2.05) is 18.9 Å². The molecule has 0 heterocycles. The van der Waals surface area contributed by atoms with Crippen LogP contribution in [-0.4, -0.2) is 24.3 Å². The second-order valence-electron chi connectivity index (χ2n) is 2.47. The number of hydrogen-bond acceptors (Lipinski definition) is 3. The van der Waals surface area contributed by atoms with Gasteiger partial charge >= 0.3 is 0 Å². The van der Waals surface area contributed by atoms with E-state index in [0.29, 0.717) is 12.1 Å². The predicted molar refractivity (Wildman–Crippen MR) is 39.1 cm³/mol. The zero-order valence-corrected chi connectivity index (χ0v) is 6.35. The highest BCUT2D eigenvalue weighted by molar-refractivity contribution is 6.03. The molecule has 10 heavy (non-hydrogen) atoms. The molecule has 1 aliphatic rings. The minimum absolute atomic E-state index is 0.0790. The summed E-state index contributed by atoms with van der Waals surface area (Å²) in [5.74, 6) is 0.0790. The number of carbonyl (C=O) groups is 1. The third-order valence-electron chi connectivity index (χ3n) is 1.87. The summed E-state index contributed by atoms with van der Waals surface area (Å²) in [6, 6.07) is 0. The van der Waals surface area contributed by atoms with Crippen molar-refractivity contribution in [1.82, 2.24) is 4.90 Å². The van der Waals surface area contributed by atoms with Gasteiger partial charge in [0.2, 0.25) is 0 Å². The summed E-state index contributed by atoms with van der Waals surface area (Å²) in [4.78, 5) is 12.6. The van der Waals surface area contributed by atoms with Gasteiger partial charge in [-0.3, -0.25) is 4.79 Å². The second kappa shape index (κ2) is 2.33. The third-order valence-corrected chi connectivity index (χ3v) is 1.87. The van der Waals surface area contributed by atoms with Gasteiger partial charge in [-0.2, -0.15) is 0 Å². The maximum Gasteiger partial charge on any atom is 0.186 e. The number of carbonyl (C=O) groups excluding carboxylic acids is 1. The van der Waals surface area contributed by atoms with E-state index in [0.717, 1.165) is 12.2 Å². The molecule has 0 amide bonds. The first-order valence-electron chi connectivity index (χ1n) is 3.39. The molecule has 0 saturated carbocycles. The summed E-state index contributed by atoms with van der Waals surface area (Å²) in [6.07, 6.45) is 0.524. The van der Waals surface area contributed by atoms with Gasteiger partial charge in [0.15, 0.2) is 5.78 Å². The highest BCUT2D eigenvalue weighted by atomic mass is 16.1. The Balaban J connectivity index is 2.68. The maximum absolute atomic E-state index is 10.7. The van der Waals surface area contributed by atoms with E-state index in [4.69, 9.17) is 5.73 Å². The molecule has 0 aromatic carbocycles. The average molecular weight is 140 g/mol. The smallest absolute Gasteiger partial charge is 0.186 e. The van der Waals surface area contributed by atoms with E-state index < -0.39 is 0 Å². The van der Waals surface area contributed by atoms with E-state index in [2.05, 4.69) is 0 Å². The summed E-state index contributed by atoms with van der Waals surface area (Å²) >= 11 is 0. The Labute approximate surface area is 60.5 Å². The number of Topliss-reactive ketones (excluding diaryl/α,β-unsaturated/α-hetero) is 1. The quantitative estimate of drug-likeness (QED) is 0.591. The Morgan fingerprint density at radius 2 is 2.30 bits per heavy atom. The van der Waals surface area contributed by atoms with Gasteiger partial charge in [0.05, 0.1) is 12.1 Å². The molecule has 3 heteroatoms. The molecule has 0 bridgehead atoms. The molecule has 2 N–H and O–H groups in total. The van der Waals surface area contributed by atoms with Crippen molar-refractivity contribution in [2.45, 2.75) is 13.3 Å². The first-order chi connectivity index (χ1) is 4.66. The number of nitrogens with two attached hydrogens (primary N) is 1. The number of ketones is 1. The molecular formula is C7H12N2O. The Kier molecular flexibility index (Phi) is 1.66. The summed E-state index contributed by atoms with van der Waals surface area (Å²) in [5.41, 5.74) is 6.87. The van der Waals surface area contributed by atoms with Gasteiger partial charge < -0.3 is 10.6 Å². The molecule has 1 rings (SSSR count). The fourth-order valence-electron chi connectivity index (χ4n) is 0.928. The molecule has 0 spiro atoms. The average Bonchev–Trinajstić information content (AvgIpc) is 1.98. The van der Waals surface area contributed by atoms with E-state index in [1.165, 1.54) is 0 Å². The molecule has 0 fully saturated rings. The Morgan fingerprint density at radius 1 is 1.70 bits per heavy atom. The van der Waals surface area contributed by atoms with E-state index in [9.17, 15) is 4.79 Å². The lowest BCUT2D eigenvalue weighted by molar-refractivity contribution is -0.117. The zero-order chi connectivity index (χ0) is 7.72. The summed E-state index contributed by atoms with van der Waals surface area (Å²) in [5, 5.41) is 0. The topological polar surface area (TPSA) is 46.3 Å². The number of rotatable bonds is 2. The van der Waals surface area contributed by atoms with Crippen molar-refractivity contribution < 1.29 is 4.79 Å².